The van der Waals surface area contributed by atoms with Gasteiger partial charge in [0.15, 0.2) is 0 Å². The van der Waals surface area contributed by atoms with Crippen LogP contribution >= 0.6 is 0 Å². The Bertz CT molecular complexity index is 1420. The maximum atomic E-state index is 13.0. The van der Waals surface area contributed by atoms with Gasteiger partial charge in [-0.15, -0.1) is 0 Å². The van der Waals surface area contributed by atoms with Crippen LogP contribution in [-0.4, -0.2) is 10.5 Å². The first kappa shape index (κ1) is 21.0. The molecule has 0 spiro atoms. The third-order valence-corrected chi connectivity index (χ3v) is 6.43. The second-order valence-electron chi connectivity index (χ2n) is 8.74. The van der Waals surface area contributed by atoms with E-state index in [2.05, 4.69) is 84.5 Å². The van der Waals surface area contributed by atoms with Crippen molar-refractivity contribution in [3.63, 3.8) is 0 Å². The zero-order valence-corrected chi connectivity index (χ0v) is 18.9. The predicted octanol–water partition coefficient (Wildman–Crippen LogP) is 7.10. The molecule has 2 atom stereocenters. The molecule has 0 N–H and O–H groups in total. The van der Waals surface area contributed by atoms with Gasteiger partial charge in [0.1, 0.15) is 5.75 Å². The summed E-state index contributed by atoms with van der Waals surface area (Å²) in [6.07, 6.45) is 2.87. The fourth-order valence-electron chi connectivity index (χ4n) is 4.67. The lowest BCUT2D eigenvalue weighted by atomic mass is 9.83. The van der Waals surface area contributed by atoms with Crippen molar-refractivity contribution in [2.75, 3.05) is 0 Å². The van der Waals surface area contributed by atoms with Crippen molar-refractivity contribution in [3.05, 3.63) is 114 Å². The molecule has 0 amide bonds. The summed E-state index contributed by atoms with van der Waals surface area (Å²) in [5, 5.41) is 3.65. The van der Waals surface area contributed by atoms with Crippen LogP contribution in [0.3, 0.4) is 0 Å². The standard InChI is InChI=1S/C30H27NO2/c1-21(30(32)33-25-12-4-3-5-13-25)18-27(24-17-16-22-10-6-7-11-23(22)19-24)28-20-31(2)29-15-9-8-14-26(28)29/h3-17,19-21,27H,18H2,1-2H3. The molecule has 1 aromatic heterocycles. The van der Waals surface area contributed by atoms with Crippen LogP contribution in [0.25, 0.3) is 21.7 Å². The number of benzene rings is 4. The summed E-state index contributed by atoms with van der Waals surface area (Å²) in [6.45, 7) is 1.96. The average molecular weight is 434 g/mol. The van der Waals surface area contributed by atoms with Crippen LogP contribution in [0.4, 0.5) is 0 Å². The van der Waals surface area contributed by atoms with Crippen molar-refractivity contribution in [2.24, 2.45) is 13.0 Å². The number of hydrogen-bond donors (Lipinski definition) is 0. The average Bonchev–Trinajstić information content (AvgIpc) is 3.19. The molecule has 3 nitrogen and oxygen atoms in total. The van der Waals surface area contributed by atoms with Crippen LogP contribution in [-0.2, 0) is 11.8 Å². The second kappa shape index (κ2) is 8.95. The summed E-state index contributed by atoms with van der Waals surface area (Å²) in [7, 11) is 2.08. The molecule has 0 radical (unpaired) electrons. The normalized spacial score (nSPS) is 13.2. The molecule has 5 rings (SSSR count). The van der Waals surface area contributed by atoms with Crippen molar-refractivity contribution in [2.45, 2.75) is 19.3 Å². The highest BCUT2D eigenvalue weighted by Crippen LogP contribution is 2.37. The molecule has 0 saturated heterocycles. The first-order chi connectivity index (χ1) is 16.1. The molecule has 0 saturated carbocycles. The summed E-state index contributed by atoms with van der Waals surface area (Å²) in [6, 6.07) is 32.8. The van der Waals surface area contributed by atoms with Crippen LogP contribution in [0.1, 0.15) is 30.4 Å². The van der Waals surface area contributed by atoms with E-state index in [4.69, 9.17) is 4.74 Å². The Balaban J connectivity index is 1.54. The van der Waals surface area contributed by atoms with Crippen LogP contribution in [0, 0.1) is 5.92 Å². The molecule has 0 aliphatic heterocycles. The molecule has 33 heavy (non-hydrogen) atoms. The van der Waals surface area contributed by atoms with E-state index < -0.39 is 0 Å². The van der Waals surface area contributed by atoms with Gasteiger partial charge in [-0.1, -0.05) is 85.8 Å². The van der Waals surface area contributed by atoms with Crippen molar-refractivity contribution < 1.29 is 9.53 Å². The lowest BCUT2D eigenvalue weighted by molar-refractivity contribution is -0.138. The molecule has 4 aromatic carbocycles. The molecular formula is C30H27NO2. The topological polar surface area (TPSA) is 31.2 Å². The van der Waals surface area contributed by atoms with Crippen LogP contribution in [0.15, 0.2) is 103 Å². The number of ether oxygens (including phenoxy) is 1. The van der Waals surface area contributed by atoms with E-state index in [-0.39, 0.29) is 17.8 Å². The van der Waals surface area contributed by atoms with Crippen LogP contribution < -0.4 is 4.74 Å². The number of esters is 1. The monoisotopic (exact) mass is 433 g/mol. The molecule has 0 aliphatic carbocycles. The largest absolute Gasteiger partial charge is 0.426 e. The first-order valence-corrected chi connectivity index (χ1v) is 11.4. The Labute approximate surface area is 194 Å². The molecule has 5 aromatic rings. The Morgan fingerprint density at radius 3 is 2.36 bits per heavy atom. The Hall–Kier alpha value is -3.85. The van der Waals surface area contributed by atoms with Crippen molar-refractivity contribution in [3.8, 4) is 5.75 Å². The lowest BCUT2D eigenvalue weighted by Crippen LogP contribution is -2.20. The third-order valence-electron chi connectivity index (χ3n) is 6.43. The number of carbonyl (C=O) groups excluding carboxylic acids is 1. The summed E-state index contributed by atoms with van der Waals surface area (Å²) < 4.78 is 7.84. The fraction of sp³-hybridized carbons (Fsp3) is 0.167. The Kier molecular flexibility index (Phi) is 5.70. The molecule has 0 fully saturated rings. The number of fused-ring (bicyclic) bond motifs is 2. The number of hydrogen-bond acceptors (Lipinski definition) is 2. The highest BCUT2D eigenvalue weighted by atomic mass is 16.5. The highest BCUT2D eigenvalue weighted by molar-refractivity contribution is 5.87. The van der Waals surface area contributed by atoms with E-state index in [1.54, 1.807) is 0 Å². The zero-order valence-electron chi connectivity index (χ0n) is 18.9. The van der Waals surface area contributed by atoms with E-state index in [1.165, 1.54) is 32.8 Å². The van der Waals surface area contributed by atoms with Crippen LogP contribution in [0.2, 0.25) is 0 Å². The molecule has 0 bridgehead atoms. The highest BCUT2D eigenvalue weighted by Gasteiger charge is 2.26. The maximum Gasteiger partial charge on any atom is 0.314 e. The van der Waals surface area contributed by atoms with Crippen molar-refractivity contribution in [1.29, 1.82) is 0 Å². The maximum absolute atomic E-state index is 13.0. The fourth-order valence-corrected chi connectivity index (χ4v) is 4.67. The molecule has 2 unspecified atom stereocenters. The summed E-state index contributed by atoms with van der Waals surface area (Å²) in [4.78, 5) is 13.0. The third kappa shape index (κ3) is 4.27. The second-order valence-corrected chi connectivity index (χ2v) is 8.74. The minimum Gasteiger partial charge on any atom is -0.426 e. The number of rotatable bonds is 6. The minimum atomic E-state index is -0.263. The molecule has 3 heteroatoms. The van der Waals surface area contributed by atoms with Gasteiger partial charge in [0, 0.05) is 30.1 Å². The number of aryl methyl sites for hydroxylation is 1. The quantitative estimate of drug-likeness (QED) is 0.211. The number of nitrogens with zero attached hydrogens (tertiary/aromatic N) is 1. The Morgan fingerprint density at radius 2 is 1.55 bits per heavy atom. The number of aromatic nitrogens is 1. The minimum absolute atomic E-state index is 0.0685. The zero-order chi connectivity index (χ0) is 22.8. The summed E-state index contributed by atoms with van der Waals surface area (Å²) in [5.74, 6) is 0.189. The molecule has 1 heterocycles. The van der Waals surface area contributed by atoms with Gasteiger partial charge in [-0.25, -0.2) is 0 Å². The van der Waals surface area contributed by atoms with Gasteiger partial charge in [-0.3, -0.25) is 4.79 Å². The number of carbonyl (C=O) groups is 1. The molecule has 0 aliphatic rings. The van der Waals surface area contributed by atoms with Gasteiger partial charge in [0.05, 0.1) is 5.92 Å². The van der Waals surface area contributed by atoms with E-state index in [0.29, 0.717) is 12.2 Å². The smallest absolute Gasteiger partial charge is 0.314 e. The summed E-state index contributed by atoms with van der Waals surface area (Å²) >= 11 is 0. The predicted molar refractivity (Wildman–Crippen MR) is 135 cm³/mol. The van der Waals surface area contributed by atoms with Gasteiger partial charge in [0.25, 0.3) is 0 Å². The molecule has 164 valence electrons. The van der Waals surface area contributed by atoms with E-state index in [9.17, 15) is 4.79 Å². The van der Waals surface area contributed by atoms with Gasteiger partial charge < -0.3 is 9.30 Å². The van der Waals surface area contributed by atoms with E-state index >= 15 is 0 Å². The lowest BCUT2D eigenvalue weighted by Gasteiger charge is -2.21. The first-order valence-electron chi connectivity index (χ1n) is 11.4. The van der Waals surface area contributed by atoms with Gasteiger partial charge in [-0.05, 0) is 46.5 Å². The molecular weight excluding hydrogens is 406 g/mol. The van der Waals surface area contributed by atoms with Gasteiger partial charge >= 0.3 is 5.97 Å². The summed E-state index contributed by atoms with van der Waals surface area (Å²) in [5.41, 5.74) is 3.64. The van der Waals surface area contributed by atoms with Gasteiger partial charge in [-0.2, -0.15) is 0 Å². The van der Waals surface area contributed by atoms with E-state index in [1.807, 2.05) is 37.3 Å². The number of para-hydroxylation sites is 2. The van der Waals surface area contributed by atoms with Crippen LogP contribution in [0.5, 0.6) is 5.75 Å². The van der Waals surface area contributed by atoms with Crippen molar-refractivity contribution >= 4 is 27.6 Å². The van der Waals surface area contributed by atoms with Crippen molar-refractivity contribution in [1.82, 2.24) is 4.57 Å². The Morgan fingerprint density at radius 1 is 0.848 bits per heavy atom. The van der Waals surface area contributed by atoms with E-state index in [0.717, 1.165) is 0 Å². The van der Waals surface area contributed by atoms with Gasteiger partial charge in [0.2, 0.25) is 0 Å². The SMILES string of the molecule is CC(CC(c1ccc2ccccc2c1)c1cn(C)c2ccccc12)C(=O)Oc1ccccc1.